The third-order valence-electron chi connectivity index (χ3n) is 4.92. The number of nitrogens with two attached hydrogens (primary N) is 1. The van der Waals surface area contributed by atoms with E-state index in [1.165, 1.54) is 27.8 Å². The van der Waals surface area contributed by atoms with E-state index in [1.54, 1.807) is 5.38 Å². The standard InChI is InChI=1S/C19H23N3O5S/c1-3-8-22-16(20)15(17(24)21(2)19(22)26)13(23)9-27-18(25)12-10-28-14-7-5-4-6-11(12)14/h10H,3-9,20H2,1-2H3. The summed E-state index contributed by atoms with van der Waals surface area (Å²) in [6, 6.07) is 0. The Morgan fingerprint density at radius 1 is 1.25 bits per heavy atom. The molecule has 2 N–H and O–H groups in total. The van der Waals surface area contributed by atoms with E-state index in [0.29, 0.717) is 12.0 Å². The van der Waals surface area contributed by atoms with E-state index in [2.05, 4.69) is 0 Å². The molecule has 2 heterocycles. The Balaban J connectivity index is 1.82. The summed E-state index contributed by atoms with van der Waals surface area (Å²) in [6.07, 6.45) is 4.52. The molecule has 2 aromatic rings. The molecule has 0 atom stereocenters. The Hall–Kier alpha value is -2.68. The summed E-state index contributed by atoms with van der Waals surface area (Å²) in [7, 11) is 1.29. The highest BCUT2D eigenvalue weighted by Crippen LogP contribution is 2.30. The second kappa shape index (κ2) is 8.14. The fourth-order valence-electron chi connectivity index (χ4n) is 3.43. The highest BCUT2D eigenvalue weighted by atomic mass is 32.1. The maximum absolute atomic E-state index is 12.6. The Kier molecular flexibility index (Phi) is 5.83. The zero-order chi connectivity index (χ0) is 20.4. The zero-order valence-corrected chi connectivity index (χ0v) is 16.8. The number of aryl methyl sites for hydroxylation is 1. The van der Waals surface area contributed by atoms with Crippen molar-refractivity contribution in [3.8, 4) is 0 Å². The fraction of sp³-hybridized carbons (Fsp3) is 0.474. The van der Waals surface area contributed by atoms with Crippen LogP contribution in [0.15, 0.2) is 15.0 Å². The van der Waals surface area contributed by atoms with Gasteiger partial charge in [0.05, 0.1) is 5.56 Å². The lowest BCUT2D eigenvalue weighted by Gasteiger charge is -2.14. The van der Waals surface area contributed by atoms with E-state index in [0.717, 1.165) is 35.8 Å². The highest BCUT2D eigenvalue weighted by Gasteiger charge is 2.25. The zero-order valence-electron chi connectivity index (χ0n) is 15.9. The Bertz CT molecular complexity index is 1050. The van der Waals surface area contributed by atoms with Crippen LogP contribution in [0.1, 0.15) is 57.3 Å². The molecule has 3 rings (SSSR count). The smallest absolute Gasteiger partial charge is 0.339 e. The van der Waals surface area contributed by atoms with Crippen molar-refractivity contribution in [2.75, 3.05) is 12.3 Å². The molecule has 0 saturated heterocycles. The molecule has 0 aliphatic heterocycles. The summed E-state index contributed by atoms with van der Waals surface area (Å²) in [6.45, 7) is 1.52. The quantitative estimate of drug-likeness (QED) is 0.576. The van der Waals surface area contributed by atoms with Gasteiger partial charge in [-0.25, -0.2) is 9.59 Å². The molecule has 0 fully saturated rings. The number of aromatic nitrogens is 2. The van der Waals surface area contributed by atoms with Gasteiger partial charge in [0.1, 0.15) is 11.4 Å². The van der Waals surface area contributed by atoms with Gasteiger partial charge in [0, 0.05) is 23.8 Å². The van der Waals surface area contributed by atoms with Crippen molar-refractivity contribution in [1.82, 2.24) is 9.13 Å². The van der Waals surface area contributed by atoms with Crippen LogP contribution in [0, 0.1) is 0 Å². The van der Waals surface area contributed by atoms with E-state index in [9.17, 15) is 19.2 Å². The van der Waals surface area contributed by atoms with Crippen molar-refractivity contribution in [2.45, 2.75) is 45.6 Å². The molecule has 0 radical (unpaired) electrons. The van der Waals surface area contributed by atoms with Crippen LogP contribution in [0.5, 0.6) is 0 Å². The molecule has 0 amide bonds. The maximum Gasteiger partial charge on any atom is 0.339 e. The van der Waals surface area contributed by atoms with E-state index >= 15 is 0 Å². The average molecular weight is 405 g/mol. The molecule has 1 aliphatic carbocycles. The molecular formula is C19H23N3O5S. The number of rotatable bonds is 6. The topological polar surface area (TPSA) is 113 Å². The first kappa shape index (κ1) is 20.1. The molecular weight excluding hydrogens is 382 g/mol. The molecule has 0 aromatic carbocycles. The van der Waals surface area contributed by atoms with Gasteiger partial charge in [-0.3, -0.25) is 18.7 Å². The number of carbonyl (C=O) groups excluding carboxylic acids is 2. The first-order valence-corrected chi connectivity index (χ1v) is 10.1. The monoisotopic (exact) mass is 405 g/mol. The van der Waals surface area contributed by atoms with Crippen molar-refractivity contribution in [3.05, 3.63) is 47.8 Å². The third-order valence-corrected chi connectivity index (χ3v) is 6.01. The lowest BCUT2D eigenvalue weighted by Crippen LogP contribution is -2.43. The average Bonchev–Trinajstić information content (AvgIpc) is 3.12. The number of hydrogen-bond acceptors (Lipinski definition) is 7. The number of ether oxygens (including phenoxy) is 1. The van der Waals surface area contributed by atoms with Crippen molar-refractivity contribution in [2.24, 2.45) is 7.05 Å². The van der Waals surface area contributed by atoms with Gasteiger partial charge in [0.25, 0.3) is 5.56 Å². The number of nitrogen functional groups attached to an aromatic ring is 1. The number of ketones is 1. The Morgan fingerprint density at radius 2 is 1.96 bits per heavy atom. The molecule has 150 valence electrons. The largest absolute Gasteiger partial charge is 0.454 e. The predicted octanol–water partition coefficient (Wildman–Crippen LogP) is 1.52. The number of hydrogen-bond donors (Lipinski definition) is 1. The minimum Gasteiger partial charge on any atom is -0.454 e. The minimum absolute atomic E-state index is 0.191. The van der Waals surface area contributed by atoms with Crippen LogP contribution >= 0.6 is 11.3 Å². The molecule has 8 nitrogen and oxygen atoms in total. The van der Waals surface area contributed by atoms with Crippen molar-refractivity contribution in [1.29, 1.82) is 0 Å². The number of fused-ring (bicyclic) bond motifs is 1. The third kappa shape index (κ3) is 3.54. The first-order valence-electron chi connectivity index (χ1n) is 9.25. The second-order valence-electron chi connectivity index (χ2n) is 6.82. The van der Waals surface area contributed by atoms with Gasteiger partial charge in [0.2, 0.25) is 5.78 Å². The summed E-state index contributed by atoms with van der Waals surface area (Å²) in [4.78, 5) is 50.8. The molecule has 9 heteroatoms. The normalized spacial score (nSPS) is 13.2. The summed E-state index contributed by atoms with van der Waals surface area (Å²) < 4.78 is 7.21. The number of carbonyl (C=O) groups is 2. The lowest BCUT2D eigenvalue weighted by atomic mass is 9.96. The van der Waals surface area contributed by atoms with Crippen molar-refractivity contribution >= 4 is 28.9 Å². The van der Waals surface area contributed by atoms with Crippen LogP contribution in [-0.2, 0) is 31.2 Å². The van der Waals surface area contributed by atoms with Gasteiger partial charge in [-0.05, 0) is 37.7 Å². The molecule has 28 heavy (non-hydrogen) atoms. The number of anilines is 1. The van der Waals surface area contributed by atoms with Crippen LogP contribution < -0.4 is 17.0 Å². The number of Topliss-reactive ketones (excluding diaryl/α,β-unsaturated/α-hetero) is 1. The molecule has 0 spiro atoms. The Morgan fingerprint density at radius 3 is 2.68 bits per heavy atom. The van der Waals surface area contributed by atoms with E-state index in [4.69, 9.17) is 10.5 Å². The van der Waals surface area contributed by atoms with E-state index in [-0.39, 0.29) is 17.9 Å². The van der Waals surface area contributed by atoms with E-state index in [1.807, 2.05) is 6.92 Å². The molecule has 0 bridgehead atoms. The number of thiophene rings is 1. The van der Waals surface area contributed by atoms with Crippen LogP contribution in [0.2, 0.25) is 0 Å². The van der Waals surface area contributed by atoms with Crippen LogP contribution in [0.3, 0.4) is 0 Å². The SMILES string of the molecule is CCCn1c(N)c(C(=O)COC(=O)c2csc3c2CCCC3)c(=O)n(C)c1=O. The van der Waals surface area contributed by atoms with Gasteiger partial charge >= 0.3 is 11.7 Å². The second-order valence-corrected chi connectivity index (χ2v) is 7.78. The lowest BCUT2D eigenvalue weighted by molar-refractivity contribution is 0.0473. The van der Waals surface area contributed by atoms with Crippen molar-refractivity contribution < 1.29 is 14.3 Å². The van der Waals surface area contributed by atoms with Crippen LogP contribution in [0.25, 0.3) is 0 Å². The van der Waals surface area contributed by atoms with Gasteiger partial charge in [0.15, 0.2) is 6.61 Å². The van der Waals surface area contributed by atoms with Gasteiger partial charge in [-0.2, -0.15) is 0 Å². The van der Waals surface area contributed by atoms with Crippen molar-refractivity contribution in [3.63, 3.8) is 0 Å². The van der Waals surface area contributed by atoms with Gasteiger partial charge in [-0.15, -0.1) is 11.3 Å². The number of nitrogens with zero attached hydrogens (tertiary/aromatic N) is 2. The van der Waals surface area contributed by atoms with E-state index < -0.39 is 29.6 Å². The molecule has 0 saturated carbocycles. The number of esters is 1. The maximum atomic E-state index is 12.6. The van der Waals surface area contributed by atoms with Crippen LogP contribution in [0.4, 0.5) is 5.82 Å². The Labute approximate surface area is 165 Å². The summed E-state index contributed by atoms with van der Waals surface area (Å²) in [5, 5.41) is 1.76. The molecule has 1 aliphatic rings. The summed E-state index contributed by atoms with van der Waals surface area (Å²) in [5.41, 5.74) is 5.72. The predicted molar refractivity (Wildman–Crippen MR) is 106 cm³/mol. The minimum atomic E-state index is -0.788. The molecule has 2 aromatic heterocycles. The van der Waals surface area contributed by atoms with Crippen LogP contribution in [-0.4, -0.2) is 27.5 Å². The molecule has 0 unspecified atom stereocenters. The van der Waals surface area contributed by atoms with Gasteiger partial charge < -0.3 is 10.5 Å². The summed E-state index contributed by atoms with van der Waals surface area (Å²) >= 11 is 1.53. The van der Waals surface area contributed by atoms with Gasteiger partial charge in [-0.1, -0.05) is 6.92 Å². The highest BCUT2D eigenvalue weighted by molar-refractivity contribution is 7.10. The summed E-state index contributed by atoms with van der Waals surface area (Å²) in [5.74, 6) is -1.49. The first-order chi connectivity index (χ1) is 13.4. The fourth-order valence-corrected chi connectivity index (χ4v) is 4.55.